The zero-order chi connectivity index (χ0) is 9.26. The summed E-state index contributed by atoms with van der Waals surface area (Å²) in [6.07, 6.45) is 1.65. The molecule has 0 radical (unpaired) electrons. The molecule has 0 amide bonds. The molecule has 0 atom stereocenters. The highest BCUT2D eigenvalue weighted by Gasteiger charge is 2.14. The molecule has 1 aromatic rings. The topological polar surface area (TPSA) is 63.1 Å². The number of thioether (sulfide) groups is 1. The summed E-state index contributed by atoms with van der Waals surface area (Å²) in [6.45, 7) is 0. The van der Waals surface area contributed by atoms with E-state index in [9.17, 15) is 4.79 Å². The van der Waals surface area contributed by atoms with E-state index in [1.165, 1.54) is 0 Å². The normalized spacial score (nSPS) is 14.2. The molecule has 1 aliphatic rings. The van der Waals surface area contributed by atoms with Gasteiger partial charge >= 0.3 is 5.97 Å². The minimum atomic E-state index is -0.884. The van der Waals surface area contributed by atoms with E-state index in [0.717, 1.165) is 22.8 Å². The average molecular weight is 196 g/mol. The van der Waals surface area contributed by atoms with Crippen molar-refractivity contribution in [3.05, 3.63) is 23.3 Å². The van der Waals surface area contributed by atoms with Gasteiger partial charge in [-0.25, -0.2) is 9.97 Å². The summed E-state index contributed by atoms with van der Waals surface area (Å²) in [5, 5.41) is 8.53. The van der Waals surface area contributed by atoms with Crippen LogP contribution in [-0.4, -0.2) is 21.0 Å². The number of fused-ring (bicyclic) bond motifs is 1. The van der Waals surface area contributed by atoms with Gasteiger partial charge in [0.1, 0.15) is 12.2 Å². The van der Waals surface area contributed by atoms with Crippen molar-refractivity contribution in [2.45, 2.75) is 17.9 Å². The lowest BCUT2D eigenvalue weighted by Crippen LogP contribution is -2.06. The smallest absolute Gasteiger partial charge is 0.311 e. The zero-order valence-electron chi connectivity index (χ0n) is 6.86. The van der Waals surface area contributed by atoms with Gasteiger partial charge in [0.15, 0.2) is 0 Å². The van der Waals surface area contributed by atoms with Crippen LogP contribution >= 0.6 is 11.8 Å². The highest BCUT2D eigenvalue weighted by atomic mass is 32.2. The highest BCUT2D eigenvalue weighted by molar-refractivity contribution is 7.98. The van der Waals surface area contributed by atoms with E-state index in [0.29, 0.717) is 5.82 Å². The Morgan fingerprint density at radius 1 is 1.62 bits per heavy atom. The van der Waals surface area contributed by atoms with E-state index in [4.69, 9.17) is 5.11 Å². The summed E-state index contributed by atoms with van der Waals surface area (Å²) in [4.78, 5) is 18.5. The molecule has 1 aliphatic heterocycles. The summed E-state index contributed by atoms with van der Waals surface area (Å²) in [7, 11) is 0. The fourth-order valence-corrected chi connectivity index (χ4v) is 2.21. The Hall–Kier alpha value is -1.10. The Bertz CT molecular complexity index is 354. The molecule has 0 aromatic carbocycles. The lowest BCUT2D eigenvalue weighted by Gasteiger charge is -1.98. The lowest BCUT2D eigenvalue weighted by molar-refractivity contribution is -0.136. The molecule has 13 heavy (non-hydrogen) atoms. The number of aliphatic carboxylic acids is 1. The largest absolute Gasteiger partial charge is 0.481 e. The van der Waals surface area contributed by atoms with Gasteiger partial charge < -0.3 is 5.11 Å². The number of nitrogens with zero attached hydrogens (tertiary/aromatic N) is 2. The van der Waals surface area contributed by atoms with E-state index in [2.05, 4.69) is 9.97 Å². The highest BCUT2D eigenvalue weighted by Crippen LogP contribution is 2.27. The molecule has 68 valence electrons. The van der Waals surface area contributed by atoms with Crippen molar-refractivity contribution in [3.63, 3.8) is 0 Å². The number of carboxylic acids is 1. The maximum Gasteiger partial charge on any atom is 0.311 e. The SMILES string of the molecule is O=C(O)Cc1ncc2c(n1)CSC2. The molecular formula is C8H8N2O2S. The summed E-state index contributed by atoms with van der Waals surface area (Å²) < 4.78 is 0. The Kier molecular flexibility index (Phi) is 2.18. The second kappa shape index (κ2) is 3.33. The number of rotatable bonds is 2. The first-order valence-corrected chi connectivity index (χ1v) is 5.04. The van der Waals surface area contributed by atoms with E-state index >= 15 is 0 Å². The summed E-state index contributed by atoms with van der Waals surface area (Å²) in [5.41, 5.74) is 2.13. The average Bonchev–Trinajstić information content (AvgIpc) is 2.49. The van der Waals surface area contributed by atoms with E-state index in [1.54, 1.807) is 18.0 Å². The van der Waals surface area contributed by atoms with Crippen LogP contribution in [0.4, 0.5) is 0 Å². The van der Waals surface area contributed by atoms with Gasteiger partial charge in [0.05, 0.1) is 5.69 Å². The Morgan fingerprint density at radius 3 is 3.23 bits per heavy atom. The van der Waals surface area contributed by atoms with Crippen LogP contribution in [0.3, 0.4) is 0 Å². The van der Waals surface area contributed by atoms with Crippen molar-refractivity contribution in [2.75, 3.05) is 0 Å². The third-order valence-electron chi connectivity index (χ3n) is 1.81. The summed E-state index contributed by atoms with van der Waals surface area (Å²) >= 11 is 1.78. The molecule has 0 spiro atoms. The first-order chi connectivity index (χ1) is 6.25. The van der Waals surface area contributed by atoms with Crippen molar-refractivity contribution in [3.8, 4) is 0 Å². The summed E-state index contributed by atoms with van der Waals surface area (Å²) in [6, 6.07) is 0. The molecular weight excluding hydrogens is 188 g/mol. The number of carbonyl (C=O) groups is 1. The zero-order valence-corrected chi connectivity index (χ0v) is 7.67. The predicted octanol–water partition coefficient (Wildman–Crippen LogP) is 0.851. The van der Waals surface area contributed by atoms with Gasteiger partial charge in [0.2, 0.25) is 0 Å². The van der Waals surface area contributed by atoms with Crippen LogP contribution in [0, 0.1) is 0 Å². The van der Waals surface area contributed by atoms with Crippen molar-refractivity contribution in [1.82, 2.24) is 9.97 Å². The van der Waals surface area contributed by atoms with Crippen LogP contribution in [0.15, 0.2) is 6.20 Å². The Morgan fingerprint density at radius 2 is 2.46 bits per heavy atom. The fourth-order valence-electron chi connectivity index (χ4n) is 1.21. The quantitative estimate of drug-likeness (QED) is 0.759. The first-order valence-electron chi connectivity index (χ1n) is 3.89. The third-order valence-corrected chi connectivity index (χ3v) is 2.80. The molecule has 0 bridgehead atoms. The molecule has 5 heteroatoms. The molecule has 4 nitrogen and oxygen atoms in total. The Balaban J connectivity index is 2.25. The van der Waals surface area contributed by atoms with E-state index < -0.39 is 5.97 Å². The number of hydrogen-bond donors (Lipinski definition) is 1. The van der Waals surface area contributed by atoms with Crippen LogP contribution in [0.1, 0.15) is 17.1 Å². The third kappa shape index (κ3) is 1.80. The van der Waals surface area contributed by atoms with Crippen LogP contribution < -0.4 is 0 Å². The van der Waals surface area contributed by atoms with Crippen LogP contribution in [0.25, 0.3) is 0 Å². The lowest BCUT2D eigenvalue weighted by atomic mass is 10.2. The second-order valence-electron chi connectivity index (χ2n) is 2.82. The monoisotopic (exact) mass is 196 g/mol. The second-order valence-corrected chi connectivity index (χ2v) is 3.81. The standard InChI is InChI=1S/C8H8N2O2S/c11-8(12)1-7-9-2-5-3-13-4-6(5)10-7/h2H,1,3-4H2,(H,11,12). The Labute approximate surface area is 79.4 Å². The minimum Gasteiger partial charge on any atom is -0.481 e. The number of aromatic nitrogens is 2. The van der Waals surface area contributed by atoms with Gasteiger partial charge in [-0.15, -0.1) is 0 Å². The molecule has 2 heterocycles. The molecule has 2 rings (SSSR count). The molecule has 1 N–H and O–H groups in total. The van der Waals surface area contributed by atoms with Crippen LogP contribution in [-0.2, 0) is 22.7 Å². The molecule has 0 aliphatic carbocycles. The van der Waals surface area contributed by atoms with E-state index in [1.807, 2.05) is 0 Å². The first kappa shape index (κ1) is 8.50. The van der Waals surface area contributed by atoms with Crippen LogP contribution in [0.2, 0.25) is 0 Å². The van der Waals surface area contributed by atoms with Gasteiger partial charge in [-0.2, -0.15) is 11.8 Å². The minimum absolute atomic E-state index is 0.0854. The van der Waals surface area contributed by atoms with Gasteiger partial charge in [-0.05, 0) is 0 Å². The van der Waals surface area contributed by atoms with Gasteiger partial charge in [0, 0.05) is 23.3 Å². The van der Waals surface area contributed by atoms with Gasteiger partial charge in [-0.1, -0.05) is 0 Å². The van der Waals surface area contributed by atoms with Gasteiger partial charge in [-0.3, -0.25) is 4.79 Å². The van der Waals surface area contributed by atoms with E-state index in [-0.39, 0.29) is 6.42 Å². The van der Waals surface area contributed by atoms with Crippen molar-refractivity contribution < 1.29 is 9.90 Å². The van der Waals surface area contributed by atoms with Gasteiger partial charge in [0.25, 0.3) is 0 Å². The maximum atomic E-state index is 10.4. The molecule has 0 unspecified atom stereocenters. The maximum absolute atomic E-state index is 10.4. The van der Waals surface area contributed by atoms with Crippen LogP contribution in [0.5, 0.6) is 0 Å². The molecule has 0 fully saturated rings. The summed E-state index contributed by atoms with van der Waals surface area (Å²) in [5.74, 6) is 1.35. The van der Waals surface area contributed by atoms with Crippen molar-refractivity contribution in [1.29, 1.82) is 0 Å². The number of carboxylic acid groups (broad SMARTS) is 1. The molecule has 1 aromatic heterocycles. The molecule has 0 saturated heterocycles. The fraction of sp³-hybridized carbons (Fsp3) is 0.375. The predicted molar refractivity (Wildman–Crippen MR) is 48.4 cm³/mol. The number of hydrogen-bond acceptors (Lipinski definition) is 4. The molecule has 0 saturated carbocycles. The van der Waals surface area contributed by atoms with Crippen molar-refractivity contribution >= 4 is 17.7 Å². The van der Waals surface area contributed by atoms with Crippen molar-refractivity contribution in [2.24, 2.45) is 0 Å².